The lowest BCUT2D eigenvalue weighted by Crippen LogP contribution is -2.49. The third kappa shape index (κ3) is 3.25. The number of carbonyl (C=O) groups excluding carboxylic acids is 2. The van der Waals surface area contributed by atoms with Gasteiger partial charge in [-0.15, -0.1) is 0 Å². The Bertz CT molecular complexity index is 763. The molecule has 1 aromatic heterocycles. The summed E-state index contributed by atoms with van der Waals surface area (Å²) in [5.41, 5.74) is 0.544. The molecule has 2 N–H and O–H groups in total. The van der Waals surface area contributed by atoms with E-state index in [4.69, 9.17) is 4.52 Å². The van der Waals surface area contributed by atoms with Crippen molar-refractivity contribution in [1.29, 1.82) is 0 Å². The summed E-state index contributed by atoms with van der Waals surface area (Å²) in [5.74, 6) is -0.970. The van der Waals surface area contributed by atoms with Crippen LogP contribution in [0.4, 0.5) is 4.39 Å². The van der Waals surface area contributed by atoms with Gasteiger partial charge in [-0.05, 0) is 17.7 Å². The monoisotopic (exact) mass is 333 g/mol. The Balaban J connectivity index is 1.83. The summed E-state index contributed by atoms with van der Waals surface area (Å²) in [7, 11) is 1.46. The van der Waals surface area contributed by atoms with E-state index in [0.717, 1.165) is 0 Å². The highest BCUT2D eigenvalue weighted by Crippen LogP contribution is 2.25. The number of amides is 2. The third-order valence-corrected chi connectivity index (χ3v) is 3.71. The molecule has 1 aliphatic rings. The first-order valence-corrected chi connectivity index (χ1v) is 7.40. The number of hydrogen-bond acceptors (Lipinski definition) is 6. The normalized spacial score (nSPS) is 18.2. The second kappa shape index (κ2) is 6.75. The van der Waals surface area contributed by atoms with Crippen molar-refractivity contribution in [3.05, 3.63) is 47.4 Å². The molecular formula is C15H16FN5O3. The molecule has 1 atom stereocenters. The molecule has 1 aromatic carbocycles. The third-order valence-electron chi connectivity index (χ3n) is 3.71. The van der Waals surface area contributed by atoms with Gasteiger partial charge in [0.1, 0.15) is 11.9 Å². The quantitative estimate of drug-likeness (QED) is 0.831. The number of benzene rings is 1. The number of carbonyl (C=O) groups is 2. The van der Waals surface area contributed by atoms with E-state index in [1.54, 1.807) is 12.1 Å². The Morgan fingerprint density at radius 3 is 3.12 bits per heavy atom. The van der Waals surface area contributed by atoms with Crippen molar-refractivity contribution in [2.45, 2.75) is 12.6 Å². The molecule has 0 saturated carbocycles. The zero-order valence-electron chi connectivity index (χ0n) is 13.0. The van der Waals surface area contributed by atoms with E-state index in [2.05, 4.69) is 20.8 Å². The van der Waals surface area contributed by atoms with Crippen LogP contribution in [0, 0.1) is 5.82 Å². The van der Waals surface area contributed by atoms with E-state index < -0.39 is 17.8 Å². The minimum absolute atomic E-state index is 0.142. The lowest BCUT2D eigenvalue weighted by atomic mass is 10.0. The smallest absolute Gasteiger partial charge is 0.315 e. The predicted molar refractivity (Wildman–Crippen MR) is 80.2 cm³/mol. The largest absolute Gasteiger partial charge is 0.353 e. The van der Waals surface area contributed by atoms with Crippen molar-refractivity contribution >= 4 is 11.8 Å². The molecule has 2 amide bonds. The van der Waals surface area contributed by atoms with Gasteiger partial charge in [-0.1, -0.05) is 17.3 Å². The molecule has 1 unspecified atom stereocenters. The standard InChI is InChI=1S/C15H16FN5O3/c1-17-14(23)15-19-11(20-24-15)8-21-6-5-18-13(22)12(21)9-3-2-4-10(16)7-9/h2-4,7,12H,5-6,8H2,1H3,(H,17,23)(H,18,22). The van der Waals surface area contributed by atoms with E-state index in [1.165, 1.54) is 19.2 Å². The highest BCUT2D eigenvalue weighted by molar-refractivity contribution is 5.89. The van der Waals surface area contributed by atoms with Crippen LogP contribution < -0.4 is 10.6 Å². The first kappa shape index (κ1) is 16.1. The summed E-state index contributed by atoms with van der Waals surface area (Å²) in [4.78, 5) is 29.6. The molecule has 9 heteroatoms. The van der Waals surface area contributed by atoms with E-state index in [1.807, 2.05) is 4.90 Å². The van der Waals surface area contributed by atoms with Gasteiger partial charge in [0.15, 0.2) is 5.82 Å². The summed E-state index contributed by atoms with van der Waals surface area (Å²) < 4.78 is 18.4. The fourth-order valence-electron chi connectivity index (χ4n) is 2.62. The SMILES string of the molecule is CNC(=O)c1nc(CN2CCNC(=O)C2c2cccc(F)c2)no1. The van der Waals surface area contributed by atoms with Crippen LogP contribution in [0.25, 0.3) is 0 Å². The molecule has 2 aromatic rings. The summed E-state index contributed by atoms with van der Waals surface area (Å²) >= 11 is 0. The van der Waals surface area contributed by atoms with Gasteiger partial charge in [-0.2, -0.15) is 4.98 Å². The van der Waals surface area contributed by atoms with Crippen LogP contribution in [-0.2, 0) is 11.3 Å². The number of nitrogens with one attached hydrogen (secondary N) is 2. The summed E-state index contributed by atoms with van der Waals surface area (Å²) in [5, 5.41) is 8.91. The zero-order valence-corrected chi connectivity index (χ0v) is 13.0. The zero-order chi connectivity index (χ0) is 17.1. The molecule has 8 nitrogen and oxygen atoms in total. The maximum absolute atomic E-state index is 13.5. The number of halogens is 1. The van der Waals surface area contributed by atoms with Crippen molar-refractivity contribution < 1.29 is 18.5 Å². The van der Waals surface area contributed by atoms with Crippen LogP contribution in [-0.4, -0.2) is 47.0 Å². The minimum Gasteiger partial charge on any atom is -0.353 e. The average Bonchev–Trinajstić information content (AvgIpc) is 3.03. The molecule has 0 radical (unpaired) electrons. The van der Waals surface area contributed by atoms with Gasteiger partial charge in [0.05, 0.1) is 6.54 Å². The molecule has 126 valence electrons. The van der Waals surface area contributed by atoms with Crippen LogP contribution in [0.1, 0.15) is 28.1 Å². The number of aromatic nitrogens is 2. The van der Waals surface area contributed by atoms with E-state index in [0.29, 0.717) is 18.7 Å². The molecule has 0 bridgehead atoms. The Hall–Kier alpha value is -2.81. The van der Waals surface area contributed by atoms with Gasteiger partial charge in [0.25, 0.3) is 0 Å². The van der Waals surface area contributed by atoms with Crippen LogP contribution in [0.5, 0.6) is 0 Å². The van der Waals surface area contributed by atoms with Gasteiger partial charge in [0.2, 0.25) is 5.91 Å². The fraction of sp³-hybridized carbons (Fsp3) is 0.333. The second-order valence-electron chi connectivity index (χ2n) is 5.31. The number of nitrogens with zero attached hydrogens (tertiary/aromatic N) is 3. The first-order chi connectivity index (χ1) is 11.6. The summed E-state index contributed by atoms with van der Waals surface area (Å²) in [6.45, 7) is 1.21. The Morgan fingerprint density at radius 2 is 2.38 bits per heavy atom. The molecule has 3 rings (SSSR count). The van der Waals surface area contributed by atoms with Crippen molar-refractivity contribution in [3.63, 3.8) is 0 Å². The number of rotatable bonds is 4. The van der Waals surface area contributed by atoms with Crippen molar-refractivity contribution in [3.8, 4) is 0 Å². The molecule has 24 heavy (non-hydrogen) atoms. The van der Waals surface area contributed by atoms with Crippen molar-refractivity contribution in [2.75, 3.05) is 20.1 Å². The Morgan fingerprint density at radius 1 is 1.54 bits per heavy atom. The van der Waals surface area contributed by atoms with Gasteiger partial charge in [-0.3, -0.25) is 14.5 Å². The first-order valence-electron chi connectivity index (χ1n) is 7.40. The maximum Gasteiger partial charge on any atom is 0.315 e. The van der Waals surface area contributed by atoms with Gasteiger partial charge >= 0.3 is 11.8 Å². The van der Waals surface area contributed by atoms with E-state index in [9.17, 15) is 14.0 Å². The van der Waals surface area contributed by atoms with E-state index >= 15 is 0 Å². The fourth-order valence-corrected chi connectivity index (χ4v) is 2.62. The summed E-state index contributed by atoms with van der Waals surface area (Å²) in [6.07, 6.45) is 0. The topological polar surface area (TPSA) is 100 Å². The predicted octanol–water partition coefficient (Wildman–Crippen LogP) is 0.241. The van der Waals surface area contributed by atoms with E-state index in [-0.39, 0.29) is 24.2 Å². The maximum atomic E-state index is 13.5. The molecule has 1 fully saturated rings. The minimum atomic E-state index is -0.656. The van der Waals surface area contributed by atoms with Crippen molar-refractivity contribution in [1.82, 2.24) is 25.7 Å². The lowest BCUT2D eigenvalue weighted by Gasteiger charge is -2.34. The Labute approximate surface area is 137 Å². The number of hydrogen-bond donors (Lipinski definition) is 2. The highest BCUT2D eigenvalue weighted by atomic mass is 19.1. The molecule has 0 spiro atoms. The molecule has 0 aliphatic carbocycles. The van der Waals surface area contributed by atoms with Gasteiger partial charge < -0.3 is 15.2 Å². The van der Waals surface area contributed by atoms with Crippen LogP contribution in [0.3, 0.4) is 0 Å². The summed E-state index contributed by atoms with van der Waals surface area (Å²) in [6, 6.07) is 5.25. The molecule has 2 heterocycles. The van der Waals surface area contributed by atoms with Crippen LogP contribution in [0.2, 0.25) is 0 Å². The molecular weight excluding hydrogens is 317 g/mol. The average molecular weight is 333 g/mol. The molecule has 1 aliphatic heterocycles. The van der Waals surface area contributed by atoms with Gasteiger partial charge in [0, 0.05) is 20.1 Å². The number of piperazine rings is 1. The Kier molecular flexibility index (Phi) is 4.52. The lowest BCUT2D eigenvalue weighted by molar-refractivity contribution is -0.129. The molecule has 1 saturated heterocycles. The second-order valence-corrected chi connectivity index (χ2v) is 5.31. The van der Waals surface area contributed by atoms with Crippen LogP contribution in [0.15, 0.2) is 28.8 Å². The van der Waals surface area contributed by atoms with Crippen molar-refractivity contribution in [2.24, 2.45) is 0 Å². The van der Waals surface area contributed by atoms with Gasteiger partial charge in [-0.25, -0.2) is 4.39 Å². The van der Waals surface area contributed by atoms with Crippen LogP contribution >= 0.6 is 0 Å². The highest BCUT2D eigenvalue weighted by Gasteiger charge is 2.32.